The average molecular weight is 353 g/mol. The summed E-state index contributed by atoms with van der Waals surface area (Å²) >= 11 is 0. The van der Waals surface area contributed by atoms with Gasteiger partial charge in [-0.25, -0.2) is 9.97 Å². The summed E-state index contributed by atoms with van der Waals surface area (Å²) in [4.78, 5) is 20.9. The second kappa shape index (κ2) is 7.64. The Bertz CT molecular complexity index is 923. The predicted octanol–water partition coefficient (Wildman–Crippen LogP) is 3.48. The summed E-state index contributed by atoms with van der Waals surface area (Å²) in [6.07, 6.45) is 0. The molecule has 0 unspecified atom stereocenters. The number of anilines is 3. The van der Waals surface area contributed by atoms with Crippen LogP contribution in [0.25, 0.3) is 0 Å². The molecule has 0 bridgehead atoms. The molecule has 0 spiro atoms. The van der Waals surface area contributed by atoms with Gasteiger partial charge in [-0.3, -0.25) is 4.79 Å². The molecule has 0 aliphatic rings. The monoisotopic (exact) mass is 353 g/mol. The number of para-hydroxylation sites is 2. The molecule has 3 aromatic rings. The zero-order chi connectivity index (χ0) is 18.5. The van der Waals surface area contributed by atoms with Crippen LogP contribution in [-0.2, 0) is 0 Å². The molecular weight excluding hydrogens is 334 g/mol. The number of carbonyl (C=O) groups is 1. The summed E-state index contributed by atoms with van der Waals surface area (Å²) in [5.41, 5.74) is 0.973. The van der Waals surface area contributed by atoms with Gasteiger partial charge in [0.1, 0.15) is 28.8 Å². The van der Waals surface area contributed by atoms with Gasteiger partial charge in [-0.15, -0.1) is 0 Å². The smallest absolute Gasteiger partial charge is 0.275 e. The molecule has 1 amide bonds. The fraction of sp³-hybridized carbons (Fsp3) is 0.222. The van der Waals surface area contributed by atoms with Crippen LogP contribution in [0.4, 0.5) is 17.3 Å². The second-order valence-electron chi connectivity index (χ2n) is 5.52. The minimum Gasteiger partial charge on any atom is -0.492 e. The van der Waals surface area contributed by atoms with Crippen molar-refractivity contribution in [3.63, 3.8) is 0 Å². The first-order valence-electron chi connectivity index (χ1n) is 8.14. The van der Waals surface area contributed by atoms with Gasteiger partial charge in [-0.2, -0.15) is 0 Å². The molecule has 0 aliphatic carbocycles. The number of aryl methyl sites for hydroxylation is 2. The Balaban J connectivity index is 1.82. The highest BCUT2D eigenvalue weighted by molar-refractivity contribution is 6.02. The second-order valence-corrected chi connectivity index (χ2v) is 5.52. The first-order chi connectivity index (χ1) is 12.5. The third kappa shape index (κ3) is 4.15. The van der Waals surface area contributed by atoms with Crippen molar-refractivity contribution >= 4 is 23.2 Å². The highest BCUT2D eigenvalue weighted by Gasteiger charge is 2.14. The first-order valence-corrected chi connectivity index (χ1v) is 8.14. The first kappa shape index (κ1) is 17.4. The standard InChI is InChI=1S/C18H19N5O3/c1-4-25-15-8-6-5-7-13(15)21-16-10-14(19-12(3)20-16)18(24)22-17-9-11(2)26-23-17/h5-10H,4H2,1-3H3,(H,19,20,21)(H,22,23,24). The van der Waals surface area contributed by atoms with Gasteiger partial charge in [0.05, 0.1) is 12.3 Å². The van der Waals surface area contributed by atoms with Crippen molar-refractivity contribution < 1.29 is 14.1 Å². The highest BCUT2D eigenvalue weighted by atomic mass is 16.5. The van der Waals surface area contributed by atoms with Gasteiger partial charge in [-0.05, 0) is 32.9 Å². The SMILES string of the molecule is CCOc1ccccc1Nc1cc(C(=O)Nc2cc(C)on2)nc(C)n1. The van der Waals surface area contributed by atoms with Crippen LogP contribution in [0.5, 0.6) is 5.75 Å². The molecule has 0 radical (unpaired) electrons. The number of aromatic nitrogens is 3. The topological polar surface area (TPSA) is 102 Å². The number of nitrogens with one attached hydrogen (secondary N) is 2. The van der Waals surface area contributed by atoms with Gasteiger partial charge >= 0.3 is 0 Å². The van der Waals surface area contributed by atoms with Crippen molar-refractivity contribution in [1.82, 2.24) is 15.1 Å². The quantitative estimate of drug-likeness (QED) is 0.699. The Hall–Kier alpha value is -3.42. The minimum atomic E-state index is -0.398. The Morgan fingerprint density at radius 2 is 1.96 bits per heavy atom. The third-order valence-electron chi connectivity index (χ3n) is 3.39. The van der Waals surface area contributed by atoms with E-state index in [-0.39, 0.29) is 5.69 Å². The number of rotatable bonds is 6. The van der Waals surface area contributed by atoms with Crippen molar-refractivity contribution in [2.45, 2.75) is 20.8 Å². The molecule has 2 aromatic heterocycles. The number of ether oxygens (including phenoxy) is 1. The Morgan fingerprint density at radius 1 is 1.15 bits per heavy atom. The number of hydrogen-bond acceptors (Lipinski definition) is 7. The molecule has 26 heavy (non-hydrogen) atoms. The van der Waals surface area contributed by atoms with Crippen LogP contribution in [-0.4, -0.2) is 27.6 Å². The van der Waals surface area contributed by atoms with E-state index in [1.54, 1.807) is 26.0 Å². The summed E-state index contributed by atoms with van der Waals surface area (Å²) in [5.74, 6) is 2.20. The van der Waals surface area contributed by atoms with Crippen LogP contribution in [0.1, 0.15) is 29.0 Å². The van der Waals surface area contributed by atoms with Crippen molar-refractivity contribution in [3.8, 4) is 5.75 Å². The van der Waals surface area contributed by atoms with Crippen molar-refractivity contribution in [2.75, 3.05) is 17.2 Å². The van der Waals surface area contributed by atoms with Crippen molar-refractivity contribution in [3.05, 3.63) is 53.7 Å². The van der Waals surface area contributed by atoms with E-state index >= 15 is 0 Å². The molecule has 0 atom stereocenters. The van der Waals surface area contributed by atoms with E-state index < -0.39 is 5.91 Å². The number of amides is 1. The average Bonchev–Trinajstić information content (AvgIpc) is 3.01. The Morgan fingerprint density at radius 3 is 2.69 bits per heavy atom. The van der Waals surface area contributed by atoms with Gasteiger partial charge in [0.2, 0.25) is 0 Å². The van der Waals surface area contributed by atoms with Crippen LogP contribution in [0.15, 0.2) is 40.9 Å². The summed E-state index contributed by atoms with van der Waals surface area (Å²) in [6, 6.07) is 10.7. The zero-order valence-electron chi connectivity index (χ0n) is 14.7. The van der Waals surface area contributed by atoms with Crippen LogP contribution >= 0.6 is 0 Å². The fourth-order valence-corrected chi connectivity index (χ4v) is 2.34. The third-order valence-corrected chi connectivity index (χ3v) is 3.39. The Kier molecular flexibility index (Phi) is 5.12. The van der Waals surface area contributed by atoms with Crippen molar-refractivity contribution in [2.24, 2.45) is 0 Å². The normalized spacial score (nSPS) is 10.4. The molecule has 2 N–H and O–H groups in total. The van der Waals surface area contributed by atoms with Gasteiger partial charge in [0.25, 0.3) is 5.91 Å². The van der Waals surface area contributed by atoms with Gasteiger partial charge < -0.3 is 19.9 Å². The molecular formula is C18H19N5O3. The molecule has 0 aliphatic heterocycles. The molecule has 0 saturated heterocycles. The maximum Gasteiger partial charge on any atom is 0.275 e. The van der Waals surface area contributed by atoms with Crippen LogP contribution in [0.3, 0.4) is 0 Å². The van der Waals surface area contributed by atoms with Gasteiger partial charge in [0, 0.05) is 12.1 Å². The lowest BCUT2D eigenvalue weighted by Crippen LogP contribution is -2.15. The summed E-state index contributed by atoms with van der Waals surface area (Å²) in [7, 11) is 0. The van der Waals surface area contributed by atoms with E-state index in [9.17, 15) is 4.79 Å². The molecule has 0 fully saturated rings. The lowest BCUT2D eigenvalue weighted by molar-refractivity contribution is 0.102. The molecule has 8 nitrogen and oxygen atoms in total. The van der Waals surface area contributed by atoms with Crippen LogP contribution in [0.2, 0.25) is 0 Å². The number of hydrogen-bond donors (Lipinski definition) is 2. The molecule has 3 rings (SSSR count). The van der Waals surface area contributed by atoms with E-state index in [4.69, 9.17) is 9.26 Å². The fourth-order valence-electron chi connectivity index (χ4n) is 2.34. The van der Waals surface area contributed by atoms with Crippen LogP contribution < -0.4 is 15.4 Å². The van der Waals surface area contributed by atoms with Crippen molar-refractivity contribution in [1.29, 1.82) is 0 Å². The molecule has 1 aromatic carbocycles. The summed E-state index contributed by atoms with van der Waals surface area (Å²) in [6.45, 7) is 5.93. The lowest BCUT2D eigenvalue weighted by Gasteiger charge is -2.12. The van der Waals surface area contributed by atoms with E-state index in [2.05, 4.69) is 25.8 Å². The summed E-state index contributed by atoms with van der Waals surface area (Å²) < 4.78 is 10.5. The molecule has 8 heteroatoms. The zero-order valence-corrected chi connectivity index (χ0v) is 14.7. The largest absolute Gasteiger partial charge is 0.492 e. The maximum absolute atomic E-state index is 12.4. The molecule has 134 valence electrons. The minimum absolute atomic E-state index is 0.217. The number of nitrogens with zero attached hydrogens (tertiary/aromatic N) is 3. The van der Waals surface area contributed by atoms with E-state index in [0.29, 0.717) is 35.6 Å². The predicted molar refractivity (Wildman–Crippen MR) is 96.9 cm³/mol. The lowest BCUT2D eigenvalue weighted by atomic mass is 10.3. The molecule has 2 heterocycles. The van der Waals surface area contributed by atoms with E-state index in [1.165, 1.54) is 0 Å². The highest BCUT2D eigenvalue weighted by Crippen LogP contribution is 2.27. The molecule has 0 saturated carbocycles. The van der Waals surface area contributed by atoms with E-state index in [0.717, 1.165) is 5.69 Å². The maximum atomic E-state index is 12.4. The van der Waals surface area contributed by atoms with Crippen LogP contribution in [0, 0.1) is 13.8 Å². The van der Waals surface area contributed by atoms with Gasteiger partial charge in [0.15, 0.2) is 5.82 Å². The Labute approximate surface area is 150 Å². The summed E-state index contributed by atoms with van der Waals surface area (Å²) in [5, 5.41) is 9.56. The van der Waals surface area contributed by atoms with E-state index in [1.807, 2.05) is 31.2 Å². The number of benzene rings is 1. The van der Waals surface area contributed by atoms with Gasteiger partial charge in [-0.1, -0.05) is 17.3 Å². The number of carbonyl (C=O) groups excluding carboxylic acids is 1.